The van der Waals surface area contributed by atoms with Gasteiger partial charge in [-0.2, -0.15) is 0 Å². The van der Waals surface area contributed by atoms with Crippen LogP contribution >= 0.6 is 0 Å². The van der Waals surface area contributed by atoms with E-state index in [9.17, 15) is 9.59 Å². The second-order valence-corrected chi connectivity index (χ2v) is 5.80. The van der Waals surface area contributed by atoms with Crippen LogP contribution in [-0.4, -0.2) is 66.1 Å². The molecule has 0 radical (unpaired) electrons. The van der Waals surface area contributed by atoms with Gasteiger partial charge in [-0.15, -0.1) is 0 Å². The fourth-order valence-electron chi connectivity index (χ4n) is 2.83. The number of hydrogen-bond donors (Lipinski definition) is 1. The molecule has 1 fully saturated rings. The third kappa shape index (κ3) is 4.89. The molecule has 24 heavy (non-hydrogen) atoms. The molecule has 0 bridgehead atoms. The summed E-state index contributed by atoms with van der Waals surface area (Å²) in [6.07, 6.45) is 5.73. The number of ether oxygens (including phenoxy) is 2. The lowest BCUT2D eigenvalue weighted by Gasteiger charge is -2.41. The molecule has 1 aliphatic rings. The Balaban J connectivity index is 1.90. The van der Waals surface area contributed by atoms with Gasteiger partial charge >= 0.3 is 6.01 Å². The second-order valence-electron chi connectivity index (χ2n) is 5.80. The predicted molar refractivity (Wildman–Crippen MR) is 86.4 cm³/mol. The first-order valence-electron chi connectivity index (χ1n) is 8.02. The van der Waals surface area contributed by atoms with Gasteiger partial charge in [0.2, 0.25) is 5.91 Å². The van der Waals surface area contributed by atoms with E-state index >= 15 is 0 Å². The zero-order valence-electron chi connectivity index (χ0n) is 14.2. The lowest BCUT2D eigenvalue weighted by Crippen LogP contribution is -2.52. The van der Waals surface area contributed by atoms with Gasteiger partial charge in [0.15, 0.2) is 6.61 Å². The van der Waals surface area contributed by atoms with Crippen LogP contribution in [0.4, 0.5) is 0 Å². The molecule has 0 saturated carbocycles. The van der Waals surface area contributed by atoms with Crippen molar-refractivity contribution in [2.24, 2.45) is 0 Å². The van der Waals surface area contributed by atoms with Gasteiger partial charge in [0, 0.05) is 46.1 Å². The number of carbonyl (C=O) groups is 2. The number of nitrogens with zero attached hydrogens (tertiary/aromatic N) is 3. The quantitative estimate of drug-likeness (QED) is 0.774. The molecule has 2 amide bonds. The molecule has 2 heterocycles. The Kier molecular flexibility index (Phi) is 6.48. The molecule has 1 saturated heterocycles. The highest BCUT2D eigenvalue weighted by Gasteiger charge is 2.37. The fourth-order valence-corrected chi connectivity index (χ4v) is 2.83. The smallest absolute Gasteiger partial charge is 0.316 e. The number of rotatable bonds is 7. The minimum Gasteiger partial charge on any atom is -0.453 e. The van der Waals surface area contributed by atoms with Crippen LogP contribution in [-0.2, 0) is 14.3 Å². The zero-order chi connectivity index (χ0) is 17.4. The Morgan fingerprint density at radius 1 is 1.38 bits per heavy atom. The standard InChI is InChI=1S/C16H24N4O4/c1-17-13(21)5-7-16(23-2)6-3-10-20(12-16)14(22)11-24-15-18-8-4-9-19-15/h4,8-9H,3,5-7,10-12H2,1-2H3,(H,17,21). The van der Waals surface area contributed by atoms with Crippen LogP contribution in [0.25, 0.3) is 0 Å². The number of hydrogen-bond acceptors (Lipinski definition) is 6. The summed E-state index contributed by atoms with van der Waals surface area (Å²) >= 11 is 0. The van der Waals surface area contributed by atoms with Gasteiger partial charge in [0.25, 0.3) is 5.91 Å². The molecule has 0 aliphatic carbocycles. The monoisotopic (exact) mass is 336 g/mol. The van der Waals surface area contributed by atoms with Crippen molar-refractivity contribution in [3.05, 3.63) is 18.5 Å². The van der Waals surface area contributed by atoms with E-state index < -0.39 is 5.60 Å². The molecule has 0 aromatic carbocycles. The van der Waals surface area contributed by atoms with Gasteiger partial charge in [-0.25, -0.2) is 9.97 Å². The highest BCUT2D eigenvalue weighted by atomic mass is 16.5. The van der Waals surface area contributed by atoms with Crippen LogP contribution in [0.1, 0.15) is 25.7 Å². The number of carbonyl (C=O) groups excluding carboxylic acids is 2. The van der Waals surface area contributed by atoms with Crippen LogP contribution in [0.3, 0.4) is 0 Å². The van der Waals surface area contributed by atoms with Gasteiger partial charge in [-0.05, 0) is 25.3 Å². The maximum Gasteiger partial charge on any atom is 0.316 e. The molecule has 0 spiro atoms. The van der Waals surface area contributed by atoms with Crippen LogP contribution < -0.4 is 10.1 Å². The van der Waals surface area contributed by atoms with Gasteiger partial charge < -0.3 is 19.7 Å². The highest BCUT2D eigenvalue weighted by Crippen LogP contribution is 2.29. The van der Waals surface area contributed by atoms with E-state index in [1.165, 1.54) is 0 Å². The predicted octanol–water partition coefficient (Wildman–Crippen LogP) is 0.389. The van der Waals surface area contributed by atoms with E-state index in [4.69, 9.17) is 9.47 Å². The van der Waals surface area contributed by atoms with Gasteiger partial charge in [0.05, 0.1) is 5.60 Å². The van der Waals surface area contributed by atoms with Gasteiger partial charge in [-0.1, -0.05) is 0 Å². The van der Waals surface area contributed by atoms with Crippen LogP contribution in [0.2, 0.25) is 0 Å². The maximum atomic E-state index is 12.4. The summed E-state index contributed by atoms with van der Waals surface area (Å²) in [5.74, 6) is -0.164. The van der Waals surface area contributed by atoms with E-state index in [0.29, 0.717) is 25.9 Å². The van der Waals surface area contributed by atoms with Crippen molar-refractivity contribution >= 4 is 11.8 Å². The molecule has 1 atom stereocenters. The summed E-state index contributed by atoms with van der Waals surface area (Å²) in [4.78, 5) is 33.5. The lowest BCUT2D eigenvalue weighted by molar-refractivity contribution is -0.143. The number of amides is 2. The summed E-state index contributed by atoms with van der Waals surface area (Å²) in [5.41, 5.74) is -0.482. The third-order valence-corrected chi connectivity index (χ3v) is 4.28. The maximum absolute atomic E-state index is 12.4. The van der Waals surface area contributed by atoms with E-state index in [2.05, 4.69) is 15.3 Å². The van der Waals surface area contributed by atoms with Crippen molar-refractivity contribution in [1.29, 1.82) is 0 Å². The molecule has 2 rings (SSSR count). The summed E-state index contributed by atoms with van der Waals surface area (Å²) in [5, 5.41) is 2.61. The molecular formula is C16H24N4O4. The molecule has 1 aromatic rings. The summed E-state index contributed by atoms with van der Waals surface area (Å²) < 4.78 is 11.0. The van der Waals surface area contributed by atoms with Crippen molar-refractivity contribution < 1.29 is 19.1 Å². The Morgan fingerprint density at radius 2 is 2.12 bits per heavy atom. The van der Waals surface area contributed by atoms with Gasteiger partial charge in [0.1, 0.15) is 0 Å². The summed E-state index contributed by atoms with van der Waals surface area (Å²) in [6.45, 7) is 1.00. The molecule has 132 valence electrons. The fraction of sp³-hybridized carbons (Fsp3) is 0.625. The van der Waals surface area contributed by atoms with E-state index in [0.717, 1.165) is 12.8 Å². The van der Waals surface area contributed by atoms with Crippen molar-refractivity contribution in [3.8, 4) is 6.01 Å². The normalized spacial score (nSPS) is 20.5. The van der Waals surface area contributed by atoms with Crippen molar-refractivity contribution in [3.63, 3.8) is 0 Å². The zero-order valence-corrected chi connectivity index (χ0v) is 14.2. The topological polar surface area (TPSA) is 93.7 Å². The first-order valence-corrected chi connectivity index (χ1v) is 8.02. The molecule has 1 aromatic heterocycles. The Hall–Kier alpha value is -2.22. The largest absolute Gasteiger partial charge is 0.453 e. The van der Waals surface area contributed by atoms with Crippen molar-refractivity contribution in [2.75, 3.05) is 33.9 Å². The molecule has 8 heteroatoms. The van der Waals surface area contributed by atoms with Gasteiger partial charge in [-0.3, -0.25) is 9.59 Å². The highest BCUT2D eigenvalue weighted by molar-refractivity contribution is 5.78. The number of methoxy groups -OCH3 is 1. The first-order chi connectivity index (χ1) is 11.6. The van der Waals surface area contributed by atoms with E-state index in [-0.39, 0.29) is 24.4 Å². The minimum atomic E-state index is -0.482. The Morgan fingerprint density at radius 3 is 2.79 bits per heavy atom. The molecule has 1 unspecified atom stereocenters. The average Bonchev–Trinajstić information content (AvgIpc) is 2.65. The van der Waals surface area contributed by atoms with Crippen LogP contribution in [0.15, 0.2) is 18.5 Å². The Bertz CT molecular complexity index is 554. The minimum absolute atomic E-state index is 0.0283. The molecule has 8 nitrogen and oxygen atoms in total. The van der Waals surface area contributed by atoms with E-state index in [1.54, 1.807) is 37.5 Å². The number of nitrogens with one attached hydrogen (secondary N) is 1. The van der Waals surface area contributed by atoms with E-state index in [1.807, 2.05) is 0 Å². The summed E-state index contributed by atoms with van der Waals surface area (Å²) in [7, 11) is 3.24. The third-order valence-electron chi connectivity index (χ3n) is 4.28. The number of aromatic nitrogens is 2. The Labute approximate surface area is 141 Å². The van der Waals surface area contributed by atoms with Crippen molar-refractivity contribution in [2.45, 2.75) is 31.3 Å². The first kappa shape index (κ1) is 18.1. The molecular weight excluding hydrogens is 312 g/mol. The SMILES string of the molecule is CNC(=O)CCC1(OC)CCCN(C(=O)COc2ncccn2)C1. The molecule has 1 aliphatic heterocycles. The lowest BCUT2D eigenvalue weighted by atomic mass is 9.87. The van der Waals surface area contributed by atoms with Crippen LogP contribution in [0.5, 0.6) is 6.01 Å². The molecule has 1 N–H and O–H groups in total. The number of likely N-dealkylation sites (tertiary alicyclic amines) is 1. The number of piperidine rings is 1. The summed E-state index contributed by atoms with van der Waals surface area (Å²) in [6, 6.07) is 1.86. The van der Waals surface area contributed by atoms with Crippen molar-refractivity contribution in [1.82, 2.24) is 20.2 Å². The van der Waals surface area contributed by atoms with Crippen LogP contribution in [0, 0.1) is 0 Å². The second kappa shape index (κ2) is 8.58. The average molecular weight is 336 g/mol.